The molecule has 0 aromatic carbocycles. The number of hydrogen-bond donors (Lipinski definition) is 2. The van der Waals surface area contributed by atoms with Crippen LogP contribution in [0.15, 0.2) is 0 Å². The van der Waals surface area contributed by atoms with Gasteiger partial charge in [0.1, 0.15) is 12.2 Å². The van der Waals surface area contributed by atoms with Crippen molar-refractivity contribution >= 4 is 5.97 Å². The summed E-state index contributed by atoms with van der Waals surface area (Å²) >= 11 is 0. The maximum absolute atomic E-state index is 10.3. The summed E-state index contributed by atoms with van der Waals surface area (Å²) in [6.07, 6.45) is 5.64. The molecule has 0 aliphatic carbocycles. The summed E-state index contributed by atoms with van der Waals surface area (Å²) in [6, 6.07) is 0. The Morgan fingerprint density at radius 3 is 2.58 bits per heavy atom. The van der Waals surface area contributed by atoms with E-state index in [1.54, 1.807) is 0 Å². The molecule has 0 amide bonds. The molecule has 1 aliphatic heterocycles. The number of rotatable bonds is 8. The van der Waals surface area contributed by atoms with E-state index in [1.807, 2.05) is 0 Å². The molecule has 1 fully saturated rings. The normalized spacial score (nSPS) is 18.9. The highest BCUT2D eigenvalue weighted by Gasteiger charge is 2.43. The highest BCUT2D eigenvalue weighted by atomic mass is 16.6. The van der Waals surface area contributed by atoms with E-state index in [0.29, 0.717) is 25.7 Å². The van der Waals surface area contributed by atoms with E-state index < -0.39 is 12.1 Å². The van der Waals surface area contributed by atoms with Gasteiger partial charge in [-0.1, -0.05) is 37.5 Å². The number of aliphatic hydroxyl groups excluding tert-OH is 1. The molecular weight excluding hydrogens is 304 g/mol. The minimum atomic E-state index is -0.797. The van der Waals surface area contributed by atoms with E-state index in [9.17, 15) is 9.90 Å². The van der Waals surface area contributed by atoms with Crippen molar-refractivity contribution in [2.45, 2.75) is 83.0 Å². The van der Waals surface area contributed by atoms with Gasteiger partial charge in [0.25, 0.3) is 0 Å². The number of aliphatic hydroxyl groups is 1. The van der Waals surface area contributed by atoms with Gasteiger partial charge < -0.3 is 14.9 Å². The number of aliphatic carboxylic acids is 1. The molecule has 2 N–H and O–H groups in total. The Hall–Kier alpha value is -1.93. The summed E-state index contributed by atoms with van der Waals surface area (Å²) in [4.78, 5) is 10.3. The second-order valence-electron chi connectivity index (χ2n) is 5.70. The second kappa shape index (κ2) is 12.5. The first-order valence-electron chi connectivity index (χ1n) is 8.60. The fraction of sp³-hybridized carbons (Fsp3) is 0.650. The summed E-state index contributed by atoms with van der Waals surface area (Å²) < 4.78 is 5.36. The second-order valence-corrected chi connectivity index (χ2v) is 5.70. The SMILES string of the molecule is CCCCCC#CCC#C[C@H](O)[C@H]1O[C@@H]1CC#CCCCC(=O)O. The maximum Gasteiger partial charge on any atom is 0.303 e. The van der Waals surface area contributed by atoms with Gasteiger partial charge in [0.05, 0.1) is 12.5 Å². The smallest absolute Gasteiger partial charge is 0.303 e. The number of ether oxygens (including phenoxy) is 1. The molecule has 0 spiro atoms. The first-order chi connectivity index (χ1) is 11.6. The molecule has 0 radical (unpaired) electrons. The zero-order valence-electron chi connectivity index (χ0n) is 14.3. The van der Waals surface area contributed by atoms with Crippen LogP contribution in [0.3, 0.4) is 0 Å². The molecule has 1 saturated heterocycles. The van der Waals surface area contributed by atoms with Crippen molar-refractivity contribution in [3.05, 3.63) is 0 Å². The van der Waals surface area contributed by atoms with Gasteiger partial charge in [-0.15, -0.1) is 17.8 Å². The van der Waals surface area contributed by atoms with Crippen LogP contribution in [0, 0.1) is 35.5 Å². The molecule has 130 valence electrons. The Morgan fingerprint density at radius 2 is 1.83 bits per heavy atom. The number of epoxide rings is 1. The van der Waals surface area contributed by atoms with E-state index in [-0.39, 0.29) is 18.6 Å². The zero-order valence-corrected chi connectivity index (χ0v) is 14.3. The third-order valence-electron chi connectivity index (χ3n) is 3.51. The summed E-state index contributed by atoms with van der Waals surface area (Å²) in [6.45, 7) is 2.17. The Morgan fingerprint density at radius 1 is 1.08 bits per heavy atom. The van der Waals surface area contributed by atoms with Crippen molar-refractivity contribution < 1.29 is 19.7 Å². The molecular formula is C20H26O4. The topological polar surface area (TPSA) is 70.1 Å². The van der Waals surface area contributed by atoms with Gasteiger partial charge in [0.15, 0.2) is 0 Å². The van der Waals surface area contributed by atoms with Gasteiger partial charge >= 0.3 is 5.97 Å². The minimum absolute atomic E-state index is 0.0681. The molecule has 3 atom stereocenters. The van der Waals surface area contributed by atoms with Crippen LogP contribution in [0.5, 0.6) is 0 Å². The quantitative estimate of drug-likeness (QED) is 0.408. The van der Waals surface area contributed by atoms with Crippen molar-refractivity contribution in [2.75, 3.05) is 0 Å². The monoisotopic (exact) mass is 330 g/mol. The van der Waals surface area contributed by atoms with Gasteiger partial charge in [0, 0.05) is 25.7 Å². The third kappa shape index (κ3) is 9.96. The average Bonchev–Trinajstić information content (AvgIpc) is 3.32. The van der Waals surface area contributed by atoms with Crippen LogP contribution < -0.4 is 0 Å². The number of hydrogen-bond acceptors (Lipinski definition) is 3. The molecule has 4 heteroatoms. The van der Waals surface area contributed by atoms with Crippen LogP contribution in [0.25, 0.3) is 0 Å². The van der Waals surface area contributed by atoms with Crippen LogP contribution in [-0.4, -0.2) is 34.5 Å². The van der Waals surface area contributed by atoms with Crippen LogP contribution in [0.2, 0.25) is 0 Å². The van der Waals surface area contributed by atoms with E-state index in [0.717, 1.165) is 12.8 Å². The Labute approximate surface area is 145 Å². The van der Waals surface area contributed by atoms with Crippen LogP contribution in [0.4, 0.5) is 0 Å². The summed E-state index contributed by atoms with van der Waals surface area (Å²) in [5, 5.41) is 18.4. The van der Waals surface area contributed by atoms with E-state index >= 15 is 0 Å². The first kappa shape index (κ1) is 20.1. The van der Waals surface area contributed by atoms with Gasteiger partial charge in [-0.25, -0.2) is 0 Å². The van der Waals surface area contributed by atoms with E-state index in [2.05, 4.69) is 42.4 Å². The van der Waals surface area contributed by atoms with E-state index in [1.165, 1.54) is 12.8 Å². The fourth-order valence-corrected chi connectivity index (χ4v) is 2.08. The predicted octanol–water partition coefficient (Wildman–Crippen LogP) is 2.74. The molecule has 0 aromatic rings. The summed E-state index contributed by atoms with van der Waals surface area (Å²) in [7, 11) is 0. The van der Waals surface area contributed by atoms with Crippen molar-refractivity contribution in [1.29, 1.82) is 0 Å². The largest absolute Gasteiger partial charge is 0.481 e. The minimum Gasteiger partial charge on any atom is -0.481 e. The standard InChI is InChI=1S/C20H26O4/c1-2-3-4-5-6-7-8-11-14-17(21)20-18(24-20)15-12-9-10-13-16-19(22)23/h17-18,20-21H,2-5,8,10,13,15-16H2,1H3,(H,22,23)/t17-,18+,20+/m0/s1. The Bertz CT molecular complexity index is 562. The van der Waals surface area contributed by atoms with Crippen LogP contribution in [-0.2, 0) is 9.53 Å². The summed E-state index contributed by atoms with van der Waals surface area (Å²) in [5.74, 6) is 16.8. The molecule has 0 saturated carbocycles. The van der Waals surface area contributed by atoms with Gasteiger partial charge in [-0.05, 0) is 12.8 Å². The molecule has 1 aliphatic rings. The highest BCUT2D eigenvalue weighted by Crippen LogP contribution is 2.27. The zero-order chi connectivity index (χ0) is 17.6. The lowest BCUT2D eigenvalue weighted by molar-refractivity contribution is -0.137. The Balaban J connectivity index is 2.12. The molecule has 24 heavy (non-hydrogen) atoms. The first-order valence-corrected chi connectivity index (χ1v) is 8.60. The van der Waals surface area contributed by atoms with Crippen molar-refractivity contribution in [3.8, 4) is 35.5 Å². The lowest BCUT2D eigenvalue weighted by Crippen LogP contribution is -2.14. The lowest BCUT2D eigenvalue weighted by atomic mass is 10.1. The average molecular weight is 330 g/mol. The van der Waals surface area contributed by atoms with Crippen LogP contribution in [0.1, 0.15) is 64.7 Å². The number of carboxylic acids is 1. The molecule has 0 bridgehead atoms. The van der Waals surface area contributed by atoms with Crippen molar-refractivity contribution in [1.82, 2.24) is 0 Å². The number of carboxylic acid groups (broad SMARTS) is 1. The van der Waals surface area contributed by atoms with Crippen molar-refractivity contribution in [3.63, 3.8) is 0 Å². The maximum atomic E-state index is 10.3. The molecule has 1 rings (SSSR count). The molecule has 1 heterocycles. The highest BCUT2D eigenvalue weighted by molar-refractivity contribution is 5.66. The molecule has 4 nitrogen and oxygen atoms in total. The van der Waals surface area contributed by atoms with Gasteiger partial charge in [-0.2, -0.15) is 0 Å². The van der Waals surface area contributed by atoms with Gasteiger partial charge in [0.2, 0.25) is 0 Å². The number of unbranched alkanes of at least 4 members (excludes halogenated alkanes) is 4. The number of carbonyl (C=O) groups is 1. The Kier molecular flexibility index (Phi) is 10.5. The predicted molar refractivity (Wildman–Crippen MR) is 92.9 cm³/mol. The third-order valence-corrected chi connectivity index (χ3v) is 3.51. The molecule has 0 aromatic heterocycles. The lowest BCUT2D eigenvalue weighted by Gasteiger charge is -1.94. The van der Waals surface area contributed by atoms with Crippen LogP contribution >= 0.6 is 0 Å². The van der Waals surface area contributed by atoms with E-state index in [4.69, 9.17) is 9.84 Å². The fourth-order valence-electron chi connectivity index (χ4n) is 2.08. The molecule has 0 unspecified atom stereocenters. The summed E-state index contributed by atoms with van der Waals surface area (Å²) in [5.41, 5.74) is 0. The van der Waals surface area contributed by atoms with Gasteiger partial charge in [-0.3, -0.25) is 4.79 Å². The van der Waals surface area contributed by atoms with Crippen molar-refractivity contribution in [2.24, 2.45) is 0 Å².